The number of hydrogen-bond donors (Lipinski definition) is 1. The van der Waals surface area contributed by atoms with Crippen molar-refractivity contribution in [1.82, 2.24) is 0 Å². The number of nitrogens with zero attached hydrogens (tertiary/aromatic N) is 2. The Bertz CT molecular complexity index is 832. The predicted octanol–water partition coefficient (Wildman–Crippen LogP) is 4.86. The van der Waals surface area contributed by atoms with E-state index >= 15 is 0 Å². The Hall–Kier alpha value is -2.83. The maximum atomic E-state index is 13.9. The first-order valence-corrected chi connectivity index (χ1v) is 8.02. The van der Waals surface area contributed by atoms with Crippen molar-refractivity contribution >= 4 is 5.69 Å². The average Bonchev–Trinajstić information content (AvgIpc) is 2.60. The van der Waals surface area contributed by atoms with Crippen molar-refractivity contribution in [2.24, 2.45) is 17.1 Å². The molecule has 0 saturated carbocycles. The van der Waals surface area contributed by atoms with Crippen molar-refractivity contribution < 1.29 is 31.1 Å². The van der Waals surface area contributed by atoms with Crippen LogP contribution >= 0.6 is 0 Å². The summed E-state index contributed by atoms with van der Waals surface area (Å²) in [6.45, 7) is 2.10. The molecule has 0 radical (unpaired) electrons. The summed E-state index contributed by atoms with van der Waals surface area (Å²) in [6, 6.07) is 6.87. The minimum Gasteiger partial charge on any atom is -0.497 e. The van der Waals surface area contributed by atoms with Crippen LogP contribution in [0.2, 0.25) is 0 Å². The maximum absolute atomic E-state index is 13.9. The molecular formula is C18H17F6N3O. The molecule has 1 aromatic carbocycles. The fraction of sp³-hybridized carbons (Fsp3) is 0.389. The van der Waals surface area contributed by atoms with E-state index in [0.29, 0.717) is 5.75 Å². The van der Waals surface area contributed by atoms with Gasteiger partial charge in [0.25, 0.3) is 0 Å². The minimum absolute atomic E-state index is 0.198. The summed E-state index contributed by atoms with van der Waals surface area (Å²) in [6.07, 6.45) is -10.5. The molecule has 2 rings (SSSR count). The van der Waals surface area contributed by atoms with Gasteiger partial charge in [-0.2, -0.15) is 31.6 Å². The quantitative estimate of drug-likeness (QED) is 0.714. The standard InChI is InChI=1S/C18H17F6N3O/c1-4-14-10(2)16(17(19,20)21,18(22,23)24)13(9-25)15(26)27(14)11-5-7-12(28-3)8-6-11/h4-8,10H,26H2,1-3H3/b14-4-/t10-/m1/s1. The Morgan fingerprint density at radius 2 is 1.64 bits per heavy atom. The predicted molar refractivity (Wildman–Crippen MR) is 89.8 cm³/mol. The van der Waals surface area contributed by atoms with Gasteiger partial charge in [-0.1, -0.05) is 13.0 Å². The van der Waals surface area contributed by atoms with Crippen LogP contribution in [0.1, 0.15) is 13.8 Å². The van der Waals surface area contributed by atoms with Gasteiger partial charge in [-0.25, -0.2) is 0 Å². The number of benzene rings is 1. The zero-order valence-electron chi connectivity index (χ0n) is 15.1. The van der Waals surface area contributed by atoms with Crippen LogP contribution in [0.3, 0.4) is 0 Å². The lowest BCUT2D eigenvalue weighted by Crippen LogP contribution is -2.60. The molecule has 0 aromatic heterocycles. The van der Waals surface area contributed by atoms with Gasteiger partial charge in [-0.3, -0.25) is 0 Å². The van der Waals surface area contributed by atoms with E-state index in [0.717, 1.165) is 24.0 Å². The number of allylic oxidation sites excluding steroid dienone is 3. The van der Waals surface area contributed by atoms with Gasteiger partial charge in [0.15, 0.2) is 0 Å². The number of methoxy groups -OCH3 is 1. The second-order valence-corrected chi connectivity index (χ2v) is 6.14. The highest BCUT2D eigenvalue weighted by Crippen LogP contribution is 2.63. The molecule has 152 valence electrons. The third-order valence-electron chi connectivity index (χ3n) is 4.88. The highest BCUT2D eigenvalue weighted by molar-refractivity contribution is 5.65. The maximum Gasteiger partial charge on any atom is 0.408 e. The first kappa shape index (κ1) is 21.5. The molecular weight excluding hydrogens is 388 g/mol. The smallest absolute Gasteiger partial charge is 0.408 e. The number of ether oxygens (including phenoxy) is 1. The molecule has 1 aromatic rings. The van der Waals surface area contributed by atoms with Gasteiger partial charge in [-0.05, 0) is 31.2 Å². The Kier molecular flexibility index (Phi) is 5.34. The topological polar surface area (TPSA) is 62.3 Å². The van der Waals surface area contributed by atoms with Gasteiger partial charge in [0, 0.05) is 17.3 Å². The average molecular weight is 405 g/mol. The summed E-state index contributed by atoms with van der Waals surface area (Å²) >= 11 is 0. The van der Waals surface area contributed by atoms with Gasteiger partial charge < -0.3 is 15.4 Å². The lowest BCUT2D eigenvalue weighted by molar-refractivity contribution is -0.337. The van der Waals surface area contributed by atoms with Crippen LogP contribution in [0.15, 0.2) is 47.4 Å². The van der Waals surface area contributed by atoms with Crippen LogP contribution in [-0.4, -0.2) is 19.5 Å². The molecule has 1 heterocycles. The Labute approximate surface area is 157 Å². The second-order valence-electron chi connectivity index (χ2n) is 6.14. The number of anilines is 1. The number of halogens is 6. The minimum atomic E-state index is -5.79. The normalized spacial score (nSPS) is 21.6. The Morgan fingerprint density at radius 1 is 1.14 bits per heavy atom. The van der Waals surface area contributed by atoms with Crippen molar-refractivity contribution in [3.8, 4) is 11.8 Å². The third kappa shape index (κ3) is 2.85. The summed E-state index contributed by atoms with van der Waals surface area (Å²) in [7, 11) is 1.40. The van der Waals surface area contributed by atoms with E-state index in [1.165, 1.54) is 38.3 Å². The Morgan fingerprint density at radius 3 is 2.00 bits per heavy atom. The van der Waals surface area contributed by atoms with Gasteiger partial charge in [0.05, 0.1) is 18.8 Å². The van der Waals surface area contributed by atoms with Gasteiger partial charge >= 0.3 is 12.4 Å². The van der Waals surface area contributed by atoms with E-state index in [9.17, 15) is 31.6 Å². The SMILES string of the molecule is C/C=C1/[C@@H](C)C(C(F)(F)F)(C(F)(F)F)C(C#N)=C(N)N1c1ccc(OC)cc1. The summed E-state index contributed by atoms with van der Waals surface area (Å²) in [5.74, 6) is -2.64. The van der Waals surface area contributed by atoms with Crippen LogP contribution in [0.5, 0.6) is 5.75 Å². The summed E-state index contributed by atoms with van der Waals surface area (Å²) in [5.41, 5.74) is -0.375. The van der Waals surface area contributed by atoms with Crippen LogP contribution in [0, 0.1) is 22.7 Å². The van der Waals surface area contributed by atoms with E-state index < -0.39 is 35.1 Å². The first-order valence-electron chi connectivity index (χ1n) is 8.02. The molecule has 1 aliphatic heterocycles. The monoisotopic (exact) mass is 405 g/mol. The molecule has 1 aliphatic rings. The number of nitrogens with two attached hydrogens (primary N) is 1. The molecule has 0 amide bonds. The fourth-order valence-corrected chi connectivity index (χ4v) is 3.56. The van der Waals surface area contributed by atoms with Crippen LogP contribution in [-0.2, 0) is 0 Å². The number of rotatable bonds is 2. The van der Waals surface area contributed by atoms with Crippen molar-refractivity contribution in [3.05, 3.63) is 47.4 Å². The molecule has 1 atom stereocenters. The largest absolute Gasteiger partial charge is 0.497 e. The van der Waals surface area contributed by atoms with Crippen molar-refractivity contribution in [2.45, 2.75) is 26.2 Å². The van der Waals surface area contributed by atoms with Crippen LogP contribution in [0.4, 0.5) is 32.0 Å². The van der Waals surface area contributed by atoms with Gasteiger partial charge in [0.1, 0.15) is 11.6 Å². The highest BCUT2D eigenvalue weighted by atomic mass is 19.4. The molecule has 0 unspecified atom stereocenters. The lowest BCUT2D eigenvalue weighted by atomic mass is 9.65. The van der Waals surface area contributed by atoms with E-state index in [1.807, 2.05) is 0 Å². The molecule has 0 bridgehead atoms. The molecule has 2 N–H and O–H groups in total. The summed E-state index contributed by atoms with van der Waals surface area (Å²) in [5, 5.41) is 9.29. The van der Waals surface area contributed by atoms with Crippen molar-refractivity contribution in [2.75, 3.05) is 12.0 Å². The van der Waals surface area contributed by atoms with E-state index in [1.54, 1.807) is 0 Å². The third-order valence-corrected chi connectivity index (χ3v) is 4.88. The number of alkyl halides is 6. The first-order chi connectivity index (χ1) is 12.9. The molecule has 0 aliphatic carbocycles. The molecule has 10 heteroatoms. The number of nitriles is 1. The van der Waals surface area contributed by atoms with E-state index in [-0.39, 0.29) is 11.4 Å². The highest BCUT2D eigenvalue weighted by Gasteiger charge is 2.77. The molecule has 28 heavy (non-hydrogen) atoms. The second kappa shape index (κ2) is 6.96. The van der Waals surface area contributed by atoms with E-state index in [2.05, 4.69) is 0 Å². The van der Waals surface area contributed by atoms with Gasteiger partial charge in [-0.15, -0.1) is 0 Å². The van der Waals surface area contributed by atoms with Crippen LogP contribution in [0.25, 0.3) is 0 Å². The molecule has 0 fully saturated rings. The summed E-state index contributed by atoms with van der Waals surface area (Å²) < 4.78 is 88.2. The van der Waals surface area contributed by atoms with Crippen molar-refractivity contribution in [1.29, 1.82) is 5.26 Å². The zero-order valence-corrected chi connectivity index (χ0v) is 15.1. The zero-order chi connectivity index (χ0) is 21.5. The van der Waals surface area contributed by atoms with Crippen LogP contribution < -0.4 is 15.4 Å². The lowest BCUT2D eigenvalue weighted by Gasteiger charge is -2.49. The number of hydrogen-bond acceptors (Lipinski definition) is 4. The Balaban J connectivity index is 2.90. The molecule has 0 spiro atoms. The molecule has 0 saturated heterocycles. The fourth-order valence-electron chi connectivity index (χ4n) is 3.56. The molecule has 4 nitrogen and oxygen atoms in total. The van der Waals surface area contributed by atoms with Gasteiger partial charge in [0.2, 0.25) is 5.41 Å². The van der Waals surface area contributed by atoms with E-state index in [4.69, 9.17) is 10.5 Å². The van der Waals surface area contributed by atoms with Crippen molar-refractivity contribution in [3.63, 3.8) is 0 Å². The summed E-state index contributed by atoms with van der Waals surface area (Å²) in [4.78, 5) is 1.03.